The summed E-state index contributed by atoms with van der Waals surface area (Å²) in [6, 6.07) is 27.0. The Kier molecular flexibility index (Phi) is 15.1. The maximum atomic E-state index is 12.1. The number of ketones is 2. The highest BCUT2D eigenvalue weighted by atomic mass is 127. The maximum absolute atomic E-state index is 12.1. The van der Waals surface area contributed by atoms with Gasteiger partial charge in [-0.05, 0) is 101 Å². The first-order chi connectivity index (χ1) is 20.9. The molecule has 2 aliphatic carbocycles. The lowest BCUT2D eigenvalue weighted by Crippen LogP contribution is -2.19. The molecule has 0 aliphatic heterocycles. The standard InChI is InChI=1S/C15H21NO.C15H17NO.C7H4IN/c2*16-11-13-8-6-12(7-9-13)10-15(17)14-4-2-1-3-5-14;8-7-3-1-6(5-9)2-4-7/h6-9,14H,1-5,10-11,16H2;6-9,14H,1-5,10H2;1-4H. The SMILES string of the molecule is N#Cc1ccc(CC(=O)C2CCCCC2)cc1.N#Cc1ccc(I)cc1.NCc1ccc(CC(=O)C2CCCCC2)cc1. The number of nitriles is 2. The van der Waals surface area contributed by atoms with E-state index in [2.05, 4.69) is 34.7 Å². The van der Waals surface area contributed by atoms with Crippen LogP contribution in [0.1, 0.15) is 92.0 Å². The molecule has 2 N–H and O–H groups in total. The molecule has 3 aromatic carbocycles. The highest BCUT2D eigenvalue weighted by molar-refractivity contribution is 14.1. The summed E-state index contributed by atoms with van der Waals surface area (Å²) in [5.41, 5.74) is 10.2. The van der Waals surface area contributed by atoms with Crippen LogP contribution in [0.5, 0.6) is 0 Å². The summed E-state index contributed by atoms with van der Waals surface area (Å²) in [7, 11) is 0. The Morgan fingerprint density at radius 2 is 0.953 bits per heavy atom. The fourth-order valence-electron chi connectivity index (χ4n) is 5.55. The molecular weight excluding hydrogens is 645 g/mol. The Bertz CT molecular complexity index is 1360. The molecule has 0 unspecified atom stereocenters. The highest BCUT2D eigenvalue weighted by Crippen LogP contribution is 2.26. The second kappa shape index (κ2) is 19.1. The number of carbonyl (C=O) groups excluding carboxylic acids is 2. The fraction of sp³-hybridized carbons (Fsp3) is 0.405. The van der Waals surface area contributed by atoms with Crippen molar-refractivity contribution in [1.82, 2.24) is 0 Å². The lowest BCUT2D eigenvalue weighted by Gasteiger charge is -2.20. The minimum Gasteiger partial charge on any atom is -0.326 e. The molecule has 2 fully saturated rings. The van der Waals surface area contributed by atoms with Gasteiger partial charge in [-0.15, -0.1) is 0 Å². The van der Waals surface area contributed by atoms with E-state index in [0.29, 0.717) is 42.4 Å². The molecule has 0 amide bonds. The Hall–Kier alpha value is -3.33. The minimum atomic E-state index is 0.277. The summed E-state index contributed by atoms with van der Waals surface area (Å²) < 4.78 is 1.16. The zero-order valence-corrected chi connectivity index (χ0v) is 27.1. The third-order valence-corrected chi connectivity index (χ3v) is 8.91. The molecule has 0 heterocycles. The maximum Gasteiger partial charge on any atom is 0.140 e. The fourth-order valence-corrected chi connectivity index (χ4v) is 5.91. The number of halogens is 1. The van der Waals surface area contributed by atoms with E-state index < -0.39 is 0 Å². The normalized spacial score (nSPS) is 15.0. The number of hydrogen-bond acceptors (Lipinski definition) is 5. The zero-order chi connectivity index (χ0) is 30.9. The van der Waals surface area contributed by atoms with Crippen LogP contribution in [0, 0.1) is 38.1 Å². The summed E-state index contributed by atoms with van der Waals surface area (Å²) in [4.78, 5) is 24.2. The lowest BCUT2D eigenvalue weighted by atomic mass is 9.84. The third kappa shape index (κ3) is 12.4. The van der Waals surface area contributed by atoms with E-state index >= 15 is 0 Å². The van der Waals surface area contributed by atoms with Gasteiger partial charge in [0.05, 0.1) is 23.3 Å². The van der Waals surface area contributed by atoms with Gasteiger partial charge in [0.1, 0.15) is 11.6 Å². The molecule has 0 spiro atoms. The van der Waals surface area contributed by atoms with E-state index in [1.54, 1.807) is 12.1 Å². The Balaban J connectivity index is 0.000000186. The van der Waals surface area contributed by atoms with Crippen LogP contribution in [0.4, 0.5) is 0 Å². The first-order valence-electron chi connectivity index (χ1n) is 15.4. The quantitative estimate of drug-likeness (QED) is 0.252. The number of hydrogen-bond donors (Lipinski definition) is 1. The second-order valence-electron chi connectivity index (χ2n) is 11.4. The molecular formula is C37H42IN3O2. The number of Topliss-reactive ketones (excluding diaryl/α,β-unsaturated/α-hetero) is 2. The van der Waals surface area contributed by atoms with Crippen LogP contribution in [0.2, 0.25) is 0 Å². The van der Waals surface area contributed by atoms with Gasteiger partial charge in [-0.25, -0.2) is 0 Å². The van der Waals surface area contributed by atoms with Crippen LogP contribution in [-0.4, -0.2) is 11.6 Å². The Morgan fingerprint density at radius 3 is 1.33 bits per heavy atom. The minimum absolute atomic E-state index is 0.277. The molecule has 6 heteroatoms. The monoisotopic (exact) mass is 687 g/mol. The molecule has 224 valence electrons. The molecule has 5 rings (SSSR count). The molecule has 0 radical (unpaired) electrons. The van der Waals surface area contributed by atoms with Gasteiger partial charge in [0.15, 0.2) is 0 Å². The van der Waals surface area contributed by atoms with Crippen LogP contribution in [0.15, 0.2) is 72.8 Å². The van der Waals surface area contributed by atoms with Gasteiger partial charge in [0, 0.05) is 34.8 Å². The largest absolute Gasteiger partial charge is 0.326 e. The lowest BCUT2D eigenvalue weighted by molar-refractivity contribution is -0.123. The Labute approximate surface area is 270 Å². The van der Waals surface area contributed by atoms with Crippen molar-refractivity contribution < 1.29 is 9.59 Å². The van der Waals surface area contributed by atoms with Crippen LogP contribution in [0.25, 0.3) is 0 Å². The molecule has 2 aliphatic rings. The van der Waals surface area contributed by atoms with Gasteiger partial charge in [-0.3, -0.25) is 9.59 Å². The van der Waals surface area contributed by atoms with Gasteiger partial charge in [0.2, 0.25) is 0 Å². The number of rotatable bonds is 7. The van der Waals surface area contributed by atoms with Gasteiger partial charge in [-0.1, -0.05) is 74.9 Å². The zero-order valence-electron chi connectivity index (χ0n) is 24.9. The van der Waals surface area contributed by atoms with E-state index in [1.807, 2.05) is 60.7 Å². The third-order valence-electron chi connectivity index (χ3n) is 8.19. The smallest absolute Gasteiger partial charge is 0.140 e. The number of nitrogens with zero attached hydrogens (tertiary/aromatic N) is 2. The summed E-state index contributed by atoms with van der Waals surface area (Å²) in [6.07, 6.45) is 12.9. The average molecular weight is 688 g/mol. The first-order valence-corrected chi connectivity index (χ1v) is 16.5. The van der Waals surface area contributed by atoms with Gasteiger partial charge < -0.3 is 5.73 Å². The number of benzene rings is 3. The molecule has 43 heavy (non-hydrogen) atoms. The molecule has 5 nitrogen and oxygen atoms in total. The van der Waals surface area contributed by atoms with Crippen molar-refractivity contribution in [3.05, 3.63) is 104 Å². The molecule has 0 atom stereocenters. The number of carbonyl (C=O) groups is 2. The Morgan fingerprint density at radius 1 is 0.605 bits per heavy atom. The average Bonchev–Trinajstić information content (AvgIpc) is 3.07. The first kappa shape index (κ1) is 34.2. The van der Waals surface area contributed by atoms with Crippen molar-refractivity contribution in [2.75, 3.05) is 0 Å². The molecule has 2 saturated carbocycles. The van der Waals surface area contributed by atoms with Crippen LogP contribution in [-0.2, 0) is 29.0 Å². The van der Waals surface area contributed by atoms with E-state index in [9.17, 15) is 9.59 Å². The number of nitrogens with two attached hydrogens (primary N) is 1. The van der Waals surface area contributed by atoms with Gasteiger partial charge >= 0.3 is 0 Å². The van der Waals surface area contributed by atoms with Crippen LogP contribution >= 0.6 is 22.6 Å². The summed E-state index contributed by atoms with van der Waals surface area (Å²) in [5.74, 6) is 1.39. The van der Waals surface area contributed by atoms with Crippen molar-refractivity contribution >= 4 is 34.2 Å². The molecule has 0 bridgehead atoms. The van der Waals surface area contributed by atoms with E-state index in [1.165, 1.54) is 38.5 Å². The van der Waals surface area contributed by atoms with Gasteiger partial charge in [-0.2, -0.15) is 10.5 Å². The van der Waals surface area contributed by atoms with E-state index in [-0.39, 0.29) is 5.92 Å². The van der Waals surface area contributed by atoms with E-state index in [0.717, 1.165) is 51.5 Å². The summed E-state index contributed by atoms with van der Waals surface area (Å²) in [5, 5.41) is 17.1. The topological polar surface area (TPSA) is 108 Å². The van der Waals surface area contributed by atoms with Crippen LogP contribution in [0.3, 0.4) is 0 Å². The summed E-state index contributed by atoms with van der Waals surface area (Å²) >= 11 is 2.20. The van der Waals surface area contributed by atoms with Crippen molar-refractivity contribution in [2.24, 2.45) is 17.6 Å². The highest BCUT2D eigenvalue weighted by Gasteiger charge is 2.21. The molecule has 0 aromatic heterocycles. The van der Waals surface area contributed by atoms with Crippen molar-refractivity contribution in [3.63, 3.8) is 0 Å². The molecule has 3 aromatic rings. The molecule has 0 saturated heterocycles. The van der Waals surface area contributed by atoms with Gasteiger partial charge in [0.25, 0.3) is 0 Å². The second-order valence-corrected chi connectivity index (χ2v) is 12.6. The van der Waals surface area contributed by atoms with E-state index in [4.69, 9.17) is 16.3 Å². The predicted octanol–water partition coefficient (Wildman–Crippen LogP) is 8.25. The van der Waals surface area contributed by atoms with Crippen molar-refractivity contribution in [1.29, 1.82) is 10.5 Å². The van der Waals surface area contributed by atoms with Crippen LogP contribution < -0.4 is 5.73 Å². The van der Waals surface area contributed by atoms with Crippen molar-refractivity contribution in [2.45, 2.75) is 83.6 Å². The predicted molar refractivity (Wildman–Crippen MR) is 180 cm³/mol. The summed E-state index contributed by atoms with van der Waals surface area (Å²) in [6.45, 7) is 0.566. The van der Waals surface area contributed by atoms with Crippen molar-refractivity contribution in [3.8, 4) is 12.1 Å².